The number of hydrogen-bond acceptors (Lipinski definition) is 1. The highest BCUT2D eigenvalue weighted by molar-refractivity contribution is 6.17. The van der Waals surface area contributed by atoms with Crippen LogP contribution in [0.3, 0.4) is 0 Å². The molecule has 1 aliphatic rings. The van der Waals surface area contributed by atoms with Crippen LogP contribution in [0.4, 0.5) is 0 Å². The lowest BCUT2D eigenvalue weighted by molar-refractivity contribution is -0.121. The molecule has 0 saturated heterocycles. The second-order valence-corrected chi connectivity index (χ2v) is 4.11. The minimum absolute atomic E-state index is 0.153. The molecule has 1 fully saturated rings. The summed E-state index contributed by atoms with van der Waals surface area (Å²) in [5, 5.41) is 2.92. The van der Waals surface area contributed by atoms with E-state index in [1.54, 1.807) is 0 Å². The first-order valence-corrected chi connectivity index (χ1v) is 5.69. The summed E-state index contributed by atoms with van der Waals surface area (Å²) in [6.45, 7) is 0.853. The van der Waals surface area contributed by atoms with Gasteiger partial charge in [-0.05, 0) is 18.8 Å². The van der Waals surface area contributed by atoms with Crippen molar-refractivity contribution in [3.05, 3.63) is 0 Å². The van der Waals surface area contributed by atoms with Crippen LogP contribution in [0.15, 0.2) is 0 Å². The Balaban J connectivity index is 1.88. The molecule has 76 valence electrons. The summed E-state index contributed by atoms with van der Waals surface area (Å²) < 4.78 is 0. The fourth-order valence-electron chi connectivity index (χ4n) is 1.51. The van der Waals surface area contributed by atoms with Crippen LogP contribution in [-0.4, -0.2) is 18.3 Å². The Morgan fingerprint density at radius 3 is 2.77 bits per heavy atom. The van der Waals surface area contributed by atoms with E-state index in [-0.39, 0.29) is 5.91 Å². The van der Waals surface area contributed by atoms with E-state index in [1.807, 2.05) is 0 Å². The van der Waals surface area contributed by atoms with Crippen molar-refractivity contribution in [3.8, 4) is 0 Å². The third kappa shape index (κ3) is 4.51. The van der Waals surface area contributed by atoms with Crippen LogP contribution in [0.5, 0.6) is 0 Å². The number of carbonyl (C=O) groups excluding carboxylic acids is 1. The molecule has 0 atom stereocenters. The second-order valence-electron chi connectivity index (χ2n) is 3.73. The van der Waals surface area contributed by atoms with Crippen molar-refractivity contribution in [2.45, 2.75) is 38.5 Å². The Labute approximate surface area is 85.0 Å². The number of amides is 1. The lowest BCUT2D eigenvalue weighted by atomic mass is 9.83. The maximum atomic E-state index is 11.1. The highest BCUT2D eigenvalue weighted by Crippen LogP contribution is 2.28. The fraction of sp³-hybridized carbons (Fsp3) is 0.900. The van der Waals surface area contributed by atoms with Gasteiger partial charge >= 0.3 is 0 Å². The van der Waals surface area contributed by atoms with Crippen LogP contribution in [-0.2, 0) is 4.79 Å². The van der Waals surface area contributed by atoms with E-state index in [1.165, 1.54) is 19.3 Å². The summed E-state index contributed by atoms with van der Waals surface area (Å²) in [4.78, 5) is 11.1. The fourth-order valence-corrected chi connectivity index (χ4v) is 1.65. The maximum absolute atomic E-state index is 11.1. The van der Waals surface area contributed by atoms with E-state index in [2.05, 4.69) is 5.32 Å². The van der Waals surface area contributed by atoms with Crippen molar-refractivity contribution >= 4 is 17.5 Å². The number of alkyl halides is 1. The van der Waals surface area contributed by atoms with E-state index in [0.717, 1.165) is 25.3 Å². The zero-order valence-electron chi connectivity index (χ0n) is 8.02. The summed E-state index contributed by atoms with van der Waals surface area (Å²) in [5.41, 5.74) is 0. The molecule has 1 amide bonds. The van der Waals surface area contributed by atoms with E-state index >= 15 is 0 Å². The van der Waals surface area contributed by atoms with Gasteiger partial charge in [-0.1, -0.05) is 19.3 Å². The molecule has 1 rings (SSSR count). The maximum Gasteiger partial charge on any atom is 0.220 e. The largest absolute Gasteiger partial charge is 0.356 e. The van der Waals surface area contributed by atoms with Crippen molar-refractivity contribution in [3.63, 3.8) is 0 Å². The second kappa shape index (κ2) is 6.25. The molecule has 0 spiro atoms. The molecule has 3 heteroatoms. The third-order valence-corrected chi connectivity index (χ3v) is 2.90. The molecule has 1 saturated carbocycles. The van der Waals surface area contributed by atoms with Gasteiger partial charge in [-0.15, -0.1) is 11.6 Å². The van der Waals surface area contributed by atoms with E-state index in [4.69, 9.17) is 11.6 Å². The van der Waals surface area contributed by atoms with Gasteiger partial charge in [0, 0.05) is 18.8 Å². The molecule has 0 unspecified atom stereocenters. The third-order valence-electron chi connectivity index (χ3n) is 2.64. The molecule has 0 bridgehead atoms. The van der Waals surface area contributed by atoms with E-state index in [9.17, 15) is 4.79 Å². The smallest absolute Gasteiger partial charge is 0.220 e. The zero-order chi connectivity index (χ0) is 9.52. The minimum atomic E-state index is 0.153. The van der Waals surface area contributed by atoms with Gasteiger partial charge in [-0.25, -0.2) is 0 Å². The van der Waals surface area contributed by atoms with Gasteiger partial charge in [0.25, 0.3) is 0 Å². The molecule has 1 aliphatic carbocycles. The summed E-state index contributed by atoms with van der Waals surface area (Å²) in [6, 6.07) is 0. The molecule has 0 radical (unpaired) electrons. The first-order chi connectivity index (χ1) is 6.33. The van der Waals surface area contributed by atoms with Gasteiger partial charge in [0.15, 0.2) is 0 Å². The van der Waals surface area contributed by atoms with Crippen molar-refractivity contribution in [1.29, 1.82) is 0 Å². The van der Waals surface area contributed by atoms with Crippen LogP contribution < -0.4 is 5.32 Å². The normalized spacial score (nSPS) is 16.7. The summed E-state index contributed by atoms with van der Waals surface area (Å²) in [5.74, 6) is 1.61. The Morgan fingerprint density at radius 2 is 2.23 bits per heavy atom. The topological polar surface area (TPSA) is 29.1 Å². The Bertz CT molecular complexity index is 157. The SMILES string of the molecule is O=C(CCCCl)NCCC1CCC1. The predicted octanol–water partition coefficient (Wildman–Crippen LogP) is 2.31. The molecule has 13 heavy (non-hydrogen) atoms. The standard InChI is InChI=1S/C10H18ClNO/c11-7-2-5-10(13)12-8-6-9-3-1-4-9/h9H,1-8H2,(H,12,13). The molecule has 0 aliphatic heterocycles. The van der Waals surface area contributed by atoms with Crippen LogP contribution in [0.25, 0.3) is 0 Å². The van der Waals surface area contributed by atoms with Crippen molar-refractivity contribution in [2.24, 2.45) is 5.92 Å². The lowest BCUT2D eigenvalue weighted by Crippen LogP contribution is -2.27. The van der Waals surface area contributed by atoms with Crippen molar-refractivity contribution < 1.29 is 4.79 Å². The Morgan fingerprint density at radius 1 is 1.46 bits per heavy atom. The number of rotatable bonds is 6. The quantitative estimate of drug-likeness (QED) is 0.660. The Kier molecular flexibility index (Phi) is 5.21. The molecule has 0 aromatic heterocycles. The summed E-state index contributed by atoms with van der Waals surface area (Å²) in [6.07, 6.45) is 6.62. The molecular formula is C10H18ClNO. The highest BCUT2D eigenvalue weighted by Gasteiger charge is 2.16. The first kappa shape index (κ1) is 10.8. The van der Waals surface area contributed by atoms with Gasteiger partial charge < -0.3 is 5.32 Å². The number of hydrogen-bond donors (Lipinski definition) is 1. The predicted molar refractivity (Wildman–Crippen MR) is 54.9 cm³/mol. The van der Waals surface area contributed by atoms with Gasteiger partial charge in [-0.2, -0.15) is 0 Å². The lowest BCUT2D eigenvalue weighted by Gasteiger charge is -2.25. The van der Waals surface area contributed by atoms with E-state index < -0.39 is 0 Å². The average Bonchev–Trinajstić information content (AvgIpc) is 2.06. The van der Waals surface area contributed by atoms with Gasteiger partial charge in [0.2, 0.25) is 5.91 Å². The number of halogens is 1. The van der Waals surface area contributed by atoms with Crippen molar-refractivity contribution in [1.82, 2.24) is 5.32 Å². The first-order valence-electron chi connectivity index (χ1n) is 5.15. The zero-order valence-corrected chi connectivity index (χ0v) is 8.78. The van der Waals surface area contributed by atoms with Gasteiger partial charge in [0.05, 0.1) is 0 Å². The average molecular weight is 204 g/mol. The van der Waals surface area contributed by atoms with E-state index in [0.29, 0.717) is 12.3 Å². The molecule has 0 aromatic rings. The number of carbonyl (C=O) groups is 1. The van der Waals surface area contributed by atoms with Crippen LogP contribution >= 0.6 is 11.6 Å². The number of nitrogens with one attached hydrogen (secondary N) is 1. The molecular weight excluding hydrogens is 186 g/mol. The molecule has 2 nitrogen and oxygen atoms in total. The minimum Gasteiger partial charge on any atom is -0.356 e. The Hall–Kier alpha value is -0.240. The van der Waals surface area contributed by atoms with Crippen LogP contribution in [0.1, 0.15) is 38.5 Å². The van der Waals surface area contributed by atoms with Gasteiger partial charge in [0.1, 0.15) is 0 Å². The summed E-state index contributed by atoms with van der Waals surface area (Å²) in [7, 11) is 0. The molecule has 0 heterocycles. The van der Waals surface area contributed by atoms with Gasteiger partial charge in [-0.3, -0.25) is 4.79 Å². The van der Waals surface area contributed by atoms with Crippen molar-refractivity contribution in [2.75, 3.05) is 12.4 Å². The monoisotopic (exact) mass is 203 g/mol. The molecule has 0 aromatic carbocycles. The van der Waals surface area contributed by atoms with Crippen LogP contribution in [0.2, 0.25) is 0 Å². The highest BCUT2D eigenvalue weighted by atomic mass is 35.5. The summed E-state index contributed by atoms with van der Waals surface area (Å²) >= 11 is 5.48. The van der Waals surface area contributed by atoms with Crippen LogP contribution in [0, 0.1) is 5.92 Å². The molecule has 1 N–H and O–H groups in total.